The molecule has 2 aromatic carbocycles. The van der Waals surface area contributed by atoms with E-state index in [1.807, 2.05) is 39.0 Å². The number of carbonyl (C=O) groups excluding carboxylic acids is 5. The second-order valence-corrected chi connectivity index (χ2v) is 20.3. The second kappa shape index (κ2) is 20.2. The van der Waals surface area contributed by atoms with Crippen LogP contribution in [-0.4, -0.2) is 143 Å². The third kappa shape index (κ3) is 10.2. The van der Waals surface area contributed by atoms with Gasteiger partial charge in [-0.3, -0.25) is 34.0 Å². The third-order valence-corrected chi connectivity index (χ3v) is 14.2. The highest BCUT2D eigenvalue weighted by molar-refractivity contribution is 5.96. The molecule has 4 aliphatic rings. The molecule has 3 fully saturated rings. The van der Waals surface area contributed by atoms with E-state index in [2.05, 4.69) is 59.6 Å². The standard InChI is InChI=1S/C52H68N8O9/c1-10-59-42-16-15-32-23-36(42)37(46(59)35-13-11-17-53-44(35)30(4)67-8)24-52(5,6)28-69-51(66)39-14-12-18-60(56-39)50(65)40(21-31-19-33(32)22-34(61)20-31)55-47(62)45(29(2)3)57(7)48(63)38-26-58(27-43(38)68-9)49(64)41-25-54-41/h11,13,15-17,19-20,22-23,29-30,38-41,43,45,54,56,61H,10,12,14,18,21,24-28H2,1-9H3,(H,55,62)/t30-,38+,39-,40-,41+,43-,45?/m0/s1. The van der Waals surface area contributed by atoms with Gasteiger partial charge in [0.15, 0.2) is 0 Å². The Balaban J connectivity index is 1.18. The van der Waals surface area contributed by atoms with Crippen LogP contribution in [-0.2, 0) is 57.6 Å². The van der Waals surface area contributed by atoms with Crippen LogP contribution in [0.3, 0.4) is 0 Å². The molecule has 17 nitrogen and oxygen atoms in total. The van der Waals surface area contributed by atoms with Crippen molar-refractivity contribution in [3.8, 4) is 28.1 Å². The van der Waals surface area contributed by atoms with E-state index in [9.17, 15) is 29.1 Å². The Bertz CT molecular complexity index is 2610. The summed E-state index contributed by atoms with van der Waals surface area (Å²) in [4.78, 5) is 78.6. The first kappa shape index (κ1) is 49.5. The van der Waals surface area contributed by atoms with Gasteiger partial charge in [-0.15, -0.1) is 0 Å². The highest BCUT2D eigenvalue weighted by Crippen LogP contribution is 2.42. The number of rotatable bonds is 11. The number of aromatic nitrogens is 2. The molecule has 2 aromatic heterocycles. The average Bonchev–Trinajstić information content (AvgIpc) is 4.03. The Hall–Kier alpha value is -5.88. The lowest BCUT2D eigenvalue weighted by molar-refractivity contribution is -0.155. The van der Waals surface area contributed by atoms with Gasteiger partial charge in [0.2, 0.25) is 17.7 Å². The number of nitrogens with one attached hydrogen (secondary N) is 3. The number of aromatic hydroxyl groups is 1. The molecule has 69 heavy (non-hydrogen) atoms. The van der Waals surface area contributed by atoms with Gasteiger partial charge in [0.05, 0.1) is 42.2 Å². The Labute approximate surface area is 404 Å². The van der Waals surface area contributed by atoms with Crippen LogP contribution in [0.25, 0.3) is 33.3 Å². The first-order valence-corrected chi connectivity index (χ1v) is 24.3. The molecular formula is C52H68N8O9. The van der Waals surface area contributed by atoms with Crippen molar-refractivity contribution in [3.63, 3.8) is 0 Å². The van der Waals surface area contributed by atoms with Crippen molar-refractivity contribution in [2.45, 2.75) is 110 Å². The normalized spacial score (nSPS) is 23.6. The van der Waals surface area contributed by atoms with Gasteiger partial charge in [-0.25, -0.2) is 5.43 Å². The number of phenols is 1. The summed E-state index contributed by atoms with van der Waals surface area (Å²) in [5.41, 5.74) is 9.49. The number of nitrogens with zero attached hydrogens (tertiary/aromatic N) is 5. The predicted octanol–water partition coefficient (Wildman–Crippen LogP) is 4.38. The number of methoxy groups -OCH3 is 2. The average molecular weight is 949 g/mol. The number of cyclic esters (lactones) is 1. The Morgan fingerprint density at radius 3 is 2.52 bits per heavy atom. The summed E-state index contributed by atoms with van der Waals surface area (Å²) in [7, 11) is 4.75. The number of hydrazine groups is 1. The van der Waals surface area contributed by atoms with Gasteiger partial charge in [0.1, 0.15) is 23.9 Å². The first-order chi connectivity index (χ1) is 32.9. The maximum Gasteiger partial charge on any atom is 0.324 e. The molecule has 0 aliphatic carbocycles. The van der Waals surface area contributed by atoms with E-state index in [1.54, 1.807) is 37.4 Å². The van der Waals surface area contributed by atoms with Gasteiger partial charge in [-0.05, 0) is 97.7 Å². The molecule has 4 amide bonds. The molecule has 0 saturated carbocycles. The van der Waals surface area contributed by atoms with Crippen molar-refractivity contribution < 1.29 is 43.3 Å². The zero-order valence-electron chi connectivity index (χ0n) is 41.3. The van der Waals surface area contributed by atoms with Crippen LogP contribution >= 0.6 is 0 Å². The number of amides is 4. The smallest absolute Gasteiger partial charge is 0.324 e. The summed E-state index contributed by atoms with van der Waals surface area (Å²) in [6.45, 7) is 13.9. The number of carbonyl (C=O) groups is 5. The van der Waals surface area contributed by atoms with Gasteiger partial charge in [-0.2, -0.15) is 0 Å². The number of phenolic OH excluding ortho intramolecular Hbond substituents is 1. The molecule has 0 spiro atoms. The van der Waals surface area contributed by atoms with Crippen LogP contribution in [0, 0.1) is 17.3 Å². The summed E-state index contributed by atoms with van der Waals surface area (Å²) < 4.78 is 19.9. The highest BCUT2D eigenvalue weighted by Gasteiger charge is 2.46. The fourth-order valence-electron chi connectivity index (χ4n) is 10.5. The highest BCUT2D eigenvalue weighted by atomic mass is 16.5. The summed E-state index contributed by atoms with van der Waals surface area (Å²) in [5, 5.41) is 19.8. The van der Waals surface area contributed by atoms with Gasteiger partial charge in [0, 0.05) is 88.5 Å². The third-order valence-electron chi connectivity index (χ3n) is 14.2. The molecule has 4 aromatic rings. The molecule has 3 saturated heterocycles. The topological polar surface area (TPSA) is 207 Å². The van der Waals surface area contributed by atoms with Crippen molar-refractivity contribution in [1.29, 1.82) is 0 Å². The van der Waals surface area contributed by atoms with Gasteiger partial charge < -0.3 is 44.3 Å². The van der Waals surface area contributed by atoms with Crippen LogP contribution in [0.5, 0.6) is 5.75 Å². The van der Waals surface area contributed by atoms with E-state index in [0.29, 0.717) is 43.5 Å². The van der Waals surface area contributed by atoms with E-state index in [0.717, 1.165) is 39.0 Å². The van der Waals surface area contributed by atoms with Gasteiger partial charge >= 0.3 is 5.97 Å². The van der Waals surface area contributed by atoms with Crippen molar-refractivity contribution in [2.24, 2.45) is 17.3 Å². The lowest BCUT2D eigenvalue weighted by Crippen LogP contribution is -2.62. The van der Waals surface area contributed by atoms with Crippen molar-refractivity contribution in [2.75, 3.05) is 54.1 Å². The van der Waals surface area contributed by atoms with Crippen LogP contribution < -0.4 is 16.1 Å². The SMILES string of the molecule is CCn1c(-c2cccnc2[C@H](C)OC)c2c3cc(ccc31)-c1cc(O)cc(c1)C[C@H](NC(=O)C(C(C)C)N(C)C(=O)[C@@H]1CN(C(=O)[C@H]3CN3)C[C@@H]1OC)C(=O)N1CCC[C@H](N1)C(=O)OCC(C)(C)C2. The summed E-state index contributed by atoms with van der Waals surface area (Å²) in [6, 6.07) is 12.2. The second-order valence-electron chi connectivity index (χ2n) is 20.3. The van der Waals surface area contributed by atoms with Crippen LogP contribution in [0.15, 0.2) is 54.7 Å². The van der Waals surface area contributed by atoms with Crippen molar-refractivity contribution in [1.82, 2.24) is 40.4 Å². The molecule has 8 rings (SSSR count). The number of fused-ring (bicyclic) bond motifs is 6. The number of pyridine rings is 1. The molecule has 370 valence electrons. The maximum atomic E-state index is 14.8. The number of benzene rings is 2. The molecule has 6 heterocycles. The number of hydrogen-bond acceptors (Lipinski definition) is 12. The summed E-state index contributed by atoms with van der Waals surface area (Å²) in [6.07, 6.45) is 2.37. The molecule has 0 radical (unpaired) electrons. The number of likely N-dealkylation sites (N-methyl/N-ethyl adjacent to an activating group) is 1. The fraction of sp³-hybridized carbons (Fsp3) is 0.538. The van der Waals surface area contributed by atoms with E-state index in [-0.39, 0.29) is 68.3 Å². The van der Waals surface area contributed by atoms with Gasteiger partial charge in [0.25, 0.3) is 5.91 Å². The van der Waals surface area contributed by atoms with Crippen molar-refractivity contribution in [3.05, 3.63) is 71.5 Å². The Morgan fingerprint density at radius 2 is 1.83 bits per heavy atom. The summed E-state index contributed by atoms with van der Waals surface area (Å²) >= 11 is 0. The molecule has 6 bridgehead atoms. The molecule has 17 heteroatoms. The van der Waals surface area contributed by atoms with E-state index >= 15 is 0 Å². The lowest BCUT2D eigenvalue weighted by Gasteiger charge is -2.37. The van der Waals surface area contributed by atoms with Crippen LogP contribution in [0.4, 0.5) is 0 Å². The largest absolute Gasteiger partial charge is 0.508 e. The minimum atomic E-state index is -1.19. The monoisotopic (exact) mass is 949 g/mol. The molecule has 4 N–H and O–H groups in total. The lowest BCUT2D eigenvalue weighted by atomic mass is 9.84. The quantitative estimate of drug-likeness (QED) is 0.122. The summed E-state index contributed by atoms with van der Waals surface area (Å²) in [5.74, 6) is -3.06. The van der Waals surface area contributed by atoms with E-state index < -0.39 is 53.3 Å². The molecular weight excluding hydrogens is 881 g/mol. The predicted molar refractivity (Wildman–Crippen MR) is 259 cm³/mol. The van der Waals surface area contributed by atoms with Crippen LogP contribution in [0.2, 0.25) is 0 Å². The maximum absolute atomic E-state index is 14.8. The fourth-order valence-corrected chi connectivity index (χ4v) is 10.5. The minimum Gasteiger partial charge on any atom is -0.508 e. The van der Waals surface area contributed by atoms with Gasteiger partial charge in [-0.1, -0.05) is 39.8 Å². The zero-order chi connectivity index (χ0) is 49.5. The number of esters is 1. The number of aryl methyl sites for hydroxylation is 1. The van der Waals surface area contributed by atoms with Crippen LogP contribution in [0.1, 0.15) is 77.3 Å². The number of likely N-dealkylation sites (tertiary alicyclic amines) is 1. The van der Waals surface area contributed by atoms with Crippen molar-refractivity contribution >= 4 is 40.5 Å². The Morgan fingerprint density at radius 1 is 1.06 bits per heavy atom. The number of ether oxygens (including phenoxy) is 3. The molecule has 7 atom stereocenters. The Kier molecular flexibility index (Phi) is 14.5. The van der Waals surface area contributed by atoms with E-state index in [4.69, 9.17) is 19.2 Å². The van der Waals surface area contributed by atoms with E-state index in [1.165, 1.54) is 17.0 Å². The first-order valence-electron chi connectivity index (χ1n) is 24.3. The molecule has 1 unspecified atom stereocenters. The number of hydrogen-bond donors (Lipinski definition) is 4. The molecule has 4 aliphatic heterocycles. The zero-order valence-corrected chi connectivity index (χ0v) is 41.3. The minimum absolute atomic E-state index is 0.0187.